The predicted octanol–water partition coefficient (Wildman–Crippen LogP) is 28.0. The highest BCUT2D eigenvalue weighted by atomic mass is 16.5. The SMILES string of the molecule is CCCCCCCC/C=C\CCCCCCCCCC(=O)OCCCCCCCCCCCCCCCCCCCC/C=C\CCCCCCCCCCCCCCCCCCCC(=O)NC(CO)C(O)CCCCCCCCCCCCCCCCCCCC. The summed E-state index contributed by atoms with van der Waals surface area (Å²) in [6, 6.07) is -0.538. The molecule has 2 unspecified atom stereocenters. The molecule has 0 aromatic rings. The van der Waals surface area contributed by atoms with Crippen LogP contribution in [0, 0.1) is 0 Å². The number of carbonyl (C=O) groups is 2. The van der Waals surface area contributed by atoms with Crippen LogP contribution in [0.15, 0.2) is 24.3 Å². The lowest BCUT2D eigenvalue weighted by Gasteiger charge is -2.22. The molecule has 1 amide bonds. The van der Waals surface area contributed by atoms with Gasteiger partial charge in [0.05, 0.1) is 25.4 Å². The Labute approximate surface area is 571 Å². The van der Waals surface area contributed by atoms with Crippen LogP contribution >= 0.6 is 0 Å². The average molecular weight is 1280 g/mol. The molecule has 0 bridgehead atoms. The summed E-state index contributed by atoms with van der Waals surface area (Å²) in [6.45, 7) is 5.00. The lowest BCUT2D eigenvalue weighted by atomic mass is 10.0. The van der Waals surface area contributed by atoms with Crippen molar-refractivity contribution in [3.05, 3.63) is 24.3 Å². The molecule has 0 aromatic heterocycles. The van der Waals surface area contributed by atoms with Crippen LogP contribution in [-0.2, 0) is 14.3 Å². The maximum absolute atomic E-state index is 12.6. The van der Waals surface area contributed by atoms with Crippen molar-refractivity contribution < 1.29 is 24.5 Å². The molecule has 0 aromatic carbocycles. The van der Waals surface area contributed by atoms with E-state index in [1.165, 1.54) is 411 Å². The van der Waals surface area contributed by atoms with E-state index in [1.54, 1.807) is 0 Å². The number of rotatable bonds is 80. The molecule has 0 aliphatic heterocycles. The van der Waals surface area contributed by atoms with Crippen molar-refractivity contribution >= 4 is 11.9 Å². The van der Waals surface area contributed by atoms with E-state index in [2.05, 4.69) is 43.5 Å². The zero-order chi connectivity index (χ0) is 65.6. The fourth-order valence-corrected chi connectivity index (χ4v) is 13.6. The van der Waals surface area contributed by atoms with Crippen molar-refractivity contribution in [2.24, 2.45) is 0 Å². The number of esters is 1. The van der Waals surface area contributed by atoms with Gasteiger partial charge in [0.1, 0.15) is 0 Å². The number of hydrogen-bond donors (Lipinski definition) is 3. The molecule has 0 fully saturated rings. The van der Waals surface area contributed by atoms with Gasteiger partial charge in [-0.05, 0) is 77.0 Å². The van der Waals surface area contributed by atoms with Crippen molar-refractivity contribution in [3.63, 3.8) is 0 Å². The van der Waals surface area contributed by atoms with Crippen molar-refractivity contribution in [3.8, 4) is 0 Å². The minimum atomic E-state index is -0.661. The van der Waals surface area contributed by atoms with Gasteiger partial charge in [0.25, 0.3) is 0 Å². The van der Waals surface area contributed by atoms with Gasteiger partial charge in [0.15, 0.2) is 0 Å². The van der Waals surface area contributed by atoms with Gasteiger partial charge in [-0.15, -0.1) is 0 Å². The summed E-state index contributed by atoms with van der Waals surface area (Å²) in [5, 5.41) is 23.4. The standard InChI is InChI=1S/C85H165NO5/c1-3-5-7-9-11-13-15-17-19-21-46-49-53-57-61-65-69-73-77-83(88)82(81-87)86-84(89)78-74-70-66-62-58-54-50-47-43-41-39-37-35-33-31-29-27-25-23-22-24-26-28-30-32-34-36-38-40-42-44-48-52-56-60-64-68-72-76-80-91-85(90)79-75-71-67-63-59-55-51-45-20-18-16-14-12-10-8-6-4-2/h18,20,22-23,82-83,87-88H,3-17,19,21,24-81H2,1-2H3,(H,86,89)/b20-18-,23-22-. The number of unbranched alkanes of at least 4 members (excludes halogenated alkanes) is 65. The Morgan fingerprint density at radius 2 is 0.516 bits per heavy atom. The molecule has 3 N–H and O–H groups in total. The molecule has 0 heterocycles. The highest BCUT2D eigenvalue weighted by Gasteiger charge is 2.20. The van der Waals surface area contributed by atoms with Crippen LogP contribution in [-0.4, -0.2) is 47.4 Å². The Morgan fingerprint density at radius 3 is 0.780 bits per heavy atom. The minimum absolute atomic E-state index is 0.0202. The minimum Gasteiger partial charge on any atom is -0.466 e. The summed E-state index contributed by atoms with van der Waals surface area (Å²) in [5.74, 6) is -0.00554. The molecule has 0 saturated carbocycles. The van der Waals surface area contributed by atoms with Gasteiger partial charge >= 0.3 is 5.97 Å². The van der Waals surface area contributed by atoms with Crippen molar-refractivity contribution in [2.45, 2.75) is 495 Å². The number of nitrogens with one attached hydrogen (secondary N) is 1. The molecule has 0 spiro atoms. The van der Waals surface area contributed by atoms with Gasteiger partial charge in [0, 0.05) is 12.8 Å². The number of amides is 1. The molecule has 0 aliphatic carbocycles. The second-order valence-electron chi connectivity index (χ2n) is 29.2. The Morgan fingerprint density at radius 1 is 0.297 bits per heavy atom. The quantitative estimate of drug-likeness (QED) is 0.0320. The van der Waals surface area contributed by atoms with Gasteiger partial charge in [-0.25, -0.2) is 0 Å². The molecule has 0 aliphatic rings. The highest BCUT2D eigenvalue weighted by molar-refractivity contribution is 5.76. The molecular formula is C85H165NO5. The van der Waals surface area contributed by atoms with E-state index in [4.69, 9.17) is 4.74 Å². The van der Waals surface area contributed by atoms with Gasteiger partial charge < -0.3 is 20.3 Å². The number of ether oxygens (including phenoxy) is 1. The largest absolute Gasteiger partial charge is 0.466 e. The van der Waals surface area contributed by atoms with E-state index in [0.29, 0.717) is 25.9 Å². The summed E-state index contributed by atoms with van der Waals surface area (Å²) in [6.07, 6.45) is 104. The van der Waals surface area contributed by atoms with Crippen molar-refractivity contribution in [1.29, 1.82) is 0 Å². The Kier molecular flexibility index (Phi) is 79.3. The number of carbonyl (C=O) groups excluding carboxylic acids is 2. The first-order valence-electron chi connectivity index (χ1n) is 42.1. The third-order valence-electron chi connectivity index (χ3n) is 20.0. The smallest absolute Gasteiger partial charge is 0.305 e. The van der Waals surface area contributed by atoms with E-state index >= 15 is 0 Å². The van der Waals surface area contributed by atoms with Gasteiger partial charge in [-0.3, -0.25) is 9.59 Å². The molecule has 6 heteroatoms. The Balaban J connectivity index is 3.31. The number of aliphatic hydroxyl groups is 2. The van der Waals surface area contributed by atoms with Gasteiger partial charge in [-0.1, -0.05) is 417 Å². The van der Waals surface area contributed by atoms with Crippen LogP contribution in [0.4, 0.5) is 0 Å². The summed E-state index contributed by atoms with van der Waals surface area (Å²) >= 11 is 0. The molecular weight excluding hydrogens is 1110 g/mol. The first-order valence-corrected chi connectivity index (χ1v) is 42.1. The third kappa shape index (κ3) is 77.2. The lowest BCUT2D eigenvalue weighted by Crippen LogP contribution is -2.45. The summed E-state index contributed by atoms with van der Waals surface area (Å²) < 4.78 is 5.51. The normalized spacial score (nSPS) is 12.5. The monoisotopic (exact) mass is 1280 g/mol. The van der Waals surface area contributed by atoms with Crippen LogP contribution in [0.2, 0.25) is 0 Å². The molecule has 2 atom stereocenters. The van der Waals surface area contributed by atoms with Crippen LogP contribution < -0.4 is 5.32 Å². The first kappa shape index (κ1) is 89.3. The van der Waals surface area contributed by atoms with Gasteiger partial charge in [-0.2, -0.15) is 0 Å². The fourth-order valence-electron chi connectivity index (χ4n) is 13.6. The number of hydrogen-bond acceptors (Lipinski definition) is 5. The van der Waals surface area contributed by atoms with Crippen molar-refractivity contribution in [2.75, 3.05) is 13.2 Å². The molecule has 0 radical (unpaired) electrons. The zero-order valence-electron chi connectivity index (χ0n) is 62.1. The van der Waals surface area contributed by atoms with Crippen molar-refractivity contribution in [1.82, 2.24) is 5.32 Å². The van der Waals surface area contributed by atoms with Crippen LogP contribution in [0.5, 0.6) is 0 Å². The molecule has 540 valence electrons. The second kappa shape index (κ2) is 80.8. The summed E-state index contributed by atoms with van der Waals surface area (Å²) in [5.41, 5.74) is 0. The Hall–Kier alpha value is -1.66. The van der Waals surface area contributed by atoms with Crippen LogP contribution in [0.25, 0.3) is 0 Å². The topological polar surface area (TPSA) is 95.9 Å². The molecule has 0 saturated heterocycles. The van der Waals surface area contributed by atoms with E-state index in [0.717, 1.165) is 38.5 Å². The summed E-state index contributed by atoms with van der Waals surface area (Å²) in [4.78, 5) is 24.7. The van der Waals surface area contributed by atoms with E-state index in [1.807, 2.05) is 0 Å². The highest BCUT2D eigenvalue weighted by Crippen LogP contribution is 2.20. The van der Waals surface area contributed by atoms with E-state index < -0.39 is 12.1 Å². The lowest BCUT2D eigenvalue weighted by molar-refractivity contribution is -0.143. The Bertz CT molecular complexity index is 1430. The fraction of sp³-hybridized carbons (Fsp3) is 0.929. The second-order valence-corrected chi connectivity index (χ2v) is 29.2. The van der Waals surface area contributed by atoms with E-state index in [-0.39, 0.29) is 18.5 Å². The molecule has 6 nitrogen and oxygen atoms in total. The maximum Gasteiger partial charge on any atom is 0.305 e. The van der Waals surface area contributed by atoms with Crippen LogP contribution in [0.3, 0.4) is 0 Å². The first-order chi connectivity index (χ1) is 45.0. The molecule has 91 heavy (non-hydrogen) atoms. The predicted molar refractivity (Wildman–Crippen MR) is 403 cm³/mol. The van der Waals surface area contributed by atoms with Gasteiger partial charge in [0.2, 0.25) is 5.91 Å². The zero-order valence-corrected chi connectivity index (χ0v) is 62.1. The maximum atomic E-state index is 12.6. The van der Waals surface area contributed by atoms with Crippen LogP contribution in [0.1, 0.15) is 483 Å². The van der Waals surface area contributed by atoms with E-state index in [9.17, 15) is 19.8 Å². The molecule has 0 rings (SSSR count). The average Bonchev–Trinajstić information content (AvgIpc) is 3.73. The number of aliphatic hydroxyl groups excluding tert-OH is 2. The summed E-state index contributed by atoms with van der Waals surface area (Å²) in [7, 11) is 0. The third-order valence-corrected chi connectivity index (χ3v) is 20.0. The number of allylic oxidation sites excluding steroid dienone is 4.